The van der Waals surface area contributed by atoms with Gasteiger partial charge in [-0.05, 0) is 62.5 Å². The van der Waals surface area contributed by atoms with E-state index in [4.69, 9.17) is 14.6 Å². The predicted octanol–water partition coefficient (Wildman–Crippen LogP) is 7.32. The molecule has 1 saturated heterocycles. The fraction of sp³-hybridized carbons (Fsp3) is 0.816. The number of carboxylic acid groups (broad SMARTS) is 1. The van der Waals surface area contributed by atoms with Crippen LogP contribution < -0.4 is 0 Å². The SMILES string of the molecule is CCCC1O[C@@H]2C[C@H]3[C@@H]4CCC5=CC(=O)C=C[C@]5(C)[C@H]4[C@@H](O)C[C@]3(C)[C@]2(C(=O)CO)O1.CCCCCCCCCCCCOC(=O)O. The Morgan fingerprint density at radius 2 is 1.66 bits per heavy atom. The molecule has 0 aromatic carbocycles. The molecule has 47 heavy (non-hydrogen) atoms. The van der Waals surface area contributed by atoms with Gasteiger partial charge in [-0.1, -0.05) is 104 Å². The number of ketones is 2. The summed E-state index contributed by atoms with van der Waals surface area (Å²) >= 11 is 0. The number of unbranched alkanes of at least 4 members (excludes halogenated alkanes) is 9. The van der Waals surface area contributed by atoms with Crippen LogP contribution in [0.5, 0.6) is 0 Å². The minimum atomic E-state index is -1.20. The number of fused-ring (bicyclic) bond motifs is 7. The Balaban J connectivity index is 0.000000267. The number of allylic oxidation sites excluding steroid dienone is 4. The Kier molecular flexibility index (Phi) is 13.3. The van der Waals surface area contributed by atoms with E-state index in [0.29, 0.717) is 25.9 Å². The van der Waals surface area contributed by atoms with E-state index in [-0.39, 0.29) is 34.7 Å². The number of carbonyl (C=O) groups is 3. The van der Waals surface area contributed by atoms with E-state index in [1.165, 1.54) is 51.4 Å². The van der Waals surface area contributed by atoms with E-state index in [0.717, 1.165) is 37.7 Å². The number of carbonyl (C=O) groups excluding carboxylic acids is 2. The van der Waals surface area contributed by atoms with Crippen molar-refractivity contribution < 1.29 is 43.9 Å². The third kappa shape index (κ3) is 7.73. The lowest BCUT2D eigenvalue weighted by molar-refractivity contribution is -0.200. The molecule has 266 valence electrons. The van der Waals surface area contributed by atoms with Crippen LogP contribution in [0.1, 0.15) is 130 Å². The molecule has 9 atom stereocenters. The quantitative estimate of drug-likeness (QED) is 0.122. The summed E-state index contributed by atoms with van der Waals surface area (Å²) in [7, 11) is 0. The maximum atomic E-state index is 13.2. The minimum Gasteiger partial charge on any atom is -0.450 e. The maximum absolute atomic E-state index is 13.2. The van der Waals surface area contributed by atoms with Crippen LogP contribution in [0, 0.1) is 28.6 Å². The van der Waals surface area contributed by atoms with Crippen molar-refractivity contribution in [1.82, 2.24) is 0 Å². The third-order valence-corrected chi connectivity index (χ3v) is 12.1. The average Bonchev–Trinajstić information content (AvgIpc) is 3.51. The lowest BCUT2D eigenvalue weighted by atomic mass is 9.46. The normalized spacial score (nSPS) is 36.7. The number of hydrogen-bond acceptors (Lipinski definition) is 8. The van der Waals surface area contributed by atoms with Gasteiger partial charge in [-0.25, -0.2) is 4.79 Å². The molecule has 0 bridgehead atoms. The molecule has 0 aromatic heterocycles. The smallest absolute Gasteiger partial charge is 0.450 e. The van der Waals surface area contributed by atoms with Crippen LogP contribution in [-0.2, 0) is 23.8 Å². The van der Waals surface area contributed by atoms with E-state index in [9.17, 15) is 24.6 Å². The first-order valence-electron chi connectivity index (χ1n) is 18.4. The second-order valence-electron chi connectivity index (χ2n) is 15.0. The first-order chi connectivity index (χ1) is 22.5. The van der Waals surface area contributed by atoms with E-state index >= 15 is 0 Å². The first kappa shape index (κ1) is 37.7. The zero-order valence-electron chi connectivity index (χ0n) is 29.2. The molecule has 4 aliphatic carbocycles. The molecule has 1 heterocycles. The number of rotatable bonds is 15. The lowest BCUT2D eigenvalue weighted by Crippen LogP contribution is -2.63. The van der Waals surface area contributed by atoms with Gasteiger partial charge in [0.15, 0.2) is 23.5 Å². The van der Waals surface area contributed by atoms with Crippen molar-refractivity contribution in [3.05, 3.63) is 23.8 Å². The molecule has 5 rings (SSSR count). The van der Waals surface area contributed by atoms with Crippen LogP contribution in [0.4, 0.5) is 4.79 Å². The van der Waals surface area contributed by atoms with Crippen molar-refractivity contribution in [1.29, 1.82) is 0 Å². The number of ether oxygens (including phenoxy) is 3. The van der Waals surface area contributed by atoms with Crippen LogP contribution >= 0.6 is 0 Å². The van der Waals surface area contributed by atoms with Gasteiger partial charge in [-0.3, -0.25) is 9.59 Å². The first-order valence-corrected chi connectivity index (χ1v) is 18.4. The number of aliphatic hydroxyl groups excluding tert-OH is 2. The average molecular weight is 661 g/mol. The largest absolute Gasteiger partial charge is 0.505 e. The summed E-state index contributed by atoms with van der Waals surface area (Å²) in [5, 5.41) is 29.6. The van der Waals surface area contributed by atoms with E-state index in [2.05, 4.69) is 32.4 Å². The fourth-order valence-corrected chi connectivity index (χ4v) is 9.87. The molecule has 9 nitrogen and oxygen atoms in total. The summed E-state index contributed by atoms with van der Waals surface area (Å²) in [5.74, 6) is 0.0274. The molecule has 1 aliphatic heterocycles. The van der Waals surface area contributed by atoms with Crippen LogP contribution in [0.15, 0.2) is 23.8 Å². The van der Waals surface area contributed by atoms with Crippen molar-refractivity contribution in [2.75, 3.05) is 13.2 Å². The number of hydrogen-bond donors (Lipinski definition) is 3. The summed E-state index contributed by atoms with van der Waals surface area (Å²) in [6.45, 7) is 8.26. The second kappa shape index (κ2) is 16.6. The molecule has 3 N–H and O–H groups in total. The van der Waals surface area contributed by atoms with Crippen LogP contribution in [0.2, 0.25) is 0 Å². The highest BCUT2D eigenvalue weighted by Crippen LogP contribution is 2.69. The summed E-state index contributed by atoms with van der Waals surface area (Å²) in [6, 6.07) is 0. The Morgan fingerprint density at radius 1 is 1.00 bits per heavy atom. The summed E-state index contributed by atoms with van der Waals surface area (Å²) in [4.78, 5) is 35.2. The number of Topliss-reactive ketones (excluding diaryl/α,β-unsaturated/α-hetero) is 1. The zero-order valence-corrected chi connectivity index (χ0v) is 29.2. The minimum absolute atomic E-state index is 0.0125. The van der Waals surface area contributed by atoms with Crippen LogP contribution in [-0.4, -0.2) is 70.4 Å². The van der Waals surface area contributed by atoms with E-state index in [1.54, 1.807) is 12.2 Å². The molecule has 4 fully saturated rings. The van der Waals surface area contributed by atoms with Gasteiger partial charge >= 0.3 is 6.16 Å². The van der Waals surface area contributed by atoms with Gasteiger partial charge in [0.05, 0.1) is 18.8 Å². The molecular weight excluding hydrogens is 600 g/mol. The Bertz CT molecular complexity index is 1150. The standard InChI is InChI=1S/C25H34O6.C13H26O3/c1-4-5-21-30-20-11-17-16-7-6-14-10-15(27)8-9-23(14,2)22(16)18(28)12-24(17,3)25(20,31-21)19(29)13-26;1-2-3-4-5-6-7-8-9-10-11-12-16-13(14)15/h8-10,16-18,20-22,26,28H,4-7,11-13H2,1-3H3;2-12H2,1H3,(H,14,15)/t16-,17-,18-,20+,21?,22+,23-,24-,25+;/m0./s1. The van der Waals surface area contributed by atoms with Crippen molar-refractivity contribution in [2.24, 2.45) is 28.6 Å². The highest BCUT2D eigenvalue weighted by atomic mass is 16.7. The van der Waals surface area contributed by atoms with Crippen LogP contribution in [0.3, 0.4) is 0 Å². The van der Waals surface area contributed by atoms with Crippen molar-refractivity contribution >= 4 is 17.7 Å². The molecule has 0 radical (unpaired) electrons. The Labute approximate surface area is 281 Å². The molecule has 1 unspecified atom stereocenters. The highest BCUT2D eigenvalue weighted by molar-refractivity contribution is 6.01. The molecule has 5 aliphatic rings. The number of aliphatic hydroxyl groups is 2. The van der Waals surface area contributed by atoms with Gasteiger partial charge in [0.2, 0.25) is 0 Å². The molecule has 3 saturated carbocycles. The summed E-state index contributed by atoms with van der Waals surface area (Å²) in [6.07, 6.45) is 19.7. The predicted molar refractivity (Wildman–Crippen MR) is 179 cm³/mol. The topological polar surface area (TPSA) is 140 Å². The van der Waals surface area contributed by atoms with Crippen molar-refractivity contribution in [3.8, 4) is 0 Å². The van der Waals surface area contributed by atoms with Gasteiger partial charge in [0, 0.05) is 16.7 Å². The zero-order chi connectivity index (χ0) is 34.2. The molecule has 9 heteroatoms. The fourth-order valence-electron chi connectivity index (χ4n) is 9.87. The molecule has 0 spiro atoms. The monoisotopic (exact) mass is 660 g/mol. The lowest BCUT2D eigenvalue weighted by Gasteiger charge is -2.59. The third-order valence-electron chi connectivity index (χ3n) is 12.1. The summed E-state index contributed by atoms with van der Waals surface area (Å²) < 4.78 is 17.1. The summed E-state index contributed by atoms with van der Waals surface area (Å²) in [5.41, 5.74) is -1.05. The molecule has 0 aromatic rings. The van der Waals surface area contributed by atoms with Crippen LogP contribution in [0.25, 0.3) is 0 Å². The van der Waals surface area contributed by atoms with E-state index < -0.39 is 42.3 Å². The molecular formula is C38H60O9. The van der Waals surface area contributed by atoms with Gasteiger partial charge in [-0.2, -0.15) is 0 Å². The van der Waals surface area contributed by atoms with E-state index in [1.807, 2.05) is 6.08 Å². The van der Waals surface area contributed by atoms with Crippen molar-refractivity contribution in [3.63, 3.8) is 0 Å². The van der Waals surface area contributed by atoms with Crippen molar-refractivity contribution in [2.45, 2.75) is 155 Å². The molecule has 0 amide bonds. The van der Waals surface area contributed by atoms with Gasteiger partial charge in [0.1, 0.15) is 6.61 Å². The second-order valence-corrected chi connectivity index (χ2v) is 15.0. The Morgan fingerprint density at radius 3 is 2.28 bits per heavy atom. The Hall–Kier alpha value is -2.07. The van der Waals surface area contributed by atoms with Gasteiger partial charge in [0.25, 0.3) is 0 Å². The van der Waals surface area contributed by atoms with Gasteiger partial charge < -0.3 is 29.5 Å². The van der Waals surface area contributed by atoms with Gasteiger partial charge in [-0.15, -0.1) is 0 Å². The highest BCUT2D eigenvalue weighted by Gasteiger charge is 2.75. The maximum Gasteiger partial charge on any atom is 0.505 e.